The van der Waals surface area contributed by atoms with Crippen molar-refractivity contribution in [3.63, 3.8) is 0 Å². The van der Waals surface area contributed by atoms with Gasteiger partial charge in [-0.1, -0.05) is 19.9 Å². The zero-order valence-electron chi connectivity index (χ0n) is 11.8. The molecule has 0 heterocycles. The van der Waals surface area contributed by atoms with E-state index in [9.17, 15) is 9.18 Å². The van der Waals surface area contributed by atoms with E-state index in [0.717, 1.165) is 18.6 Å². The lowest BCUT2D eigenvalue weighted by Crippen LogP contribution is -2.26. The average Bonchev–Trinajstić information content (AvgIpc) is 2.32. The first kappa shape index (κ1) is 15.6. The normalized spacial score (nSPS) is 10.8. The SMILES string of the molecule is Cc1ccc(C(=O)NCCCOCC(C)C)c(F)c1. The lowest BCUT2D eigenvalue weighted by atomic mass is 10.1. The Kier molecular flexibility index (Phi) is 6.50. The van der Waals surface area contributed by atoms with Gasteiger partial charge in [0.1, 0.15) is 5.82 Å². The molecule has 1 rings (SSSR count). The molecule has 1 aromatic carbocycles. The van der Waals surface area contributed by atoms with Crippen LogP contribution in [0.1, 0.15) is 36.2 Å². The van der Waals surface area contributed by atoms with E-state index in [0.29, 0.717) is 19.1 Å². The minimum Gasteiger partial charge on any atom is -0.381 e. The Balaban J connectivity index is 2.28. The van der Waals surface area contributed by atoms with Gasteiger partial charge in [-0.3, -0.25) is 4.79 Å². The fraction of sp³-hybridized carbons (Fsp3) is 0.533. The highest BCUT2D eigenvalue weighted by atomic mass is 19.1. The van der Waals surface area contributed by atoms with Gasteiger partial charge in [0.2, 0.25) is 0 Å². The molecule has 4 heteroatoms. The molecule has 0 spiro atoms. The second-order valence-electron chi connectivity index (χ2n) is 5.06. The Morgan fingerprint density at radius 1 is 1.42 bits per heavy atom. The molecule has 1 aromatic rings. The third kappa shape index (κ3) is 5.83. The lowest BCUT2D eigenvalue weighted by Gasteiger charge is -2.08. The van der Waals surface area contributed by atoms with Crippen molar-refractivity contribution in [3.8, 4) is 0 Å². The number of aryl methyl sites for hydroxylation is 1. The molecule has 1 N–H and O–H groups in total. The van der Waals surface area contributed by atoms with Crippen LogP contribution in [-0.2, 0) is 4.74 Å². The van der Waals surface area contributed by atoms with Gasteiger partial charge in [0.15, 0.2) is 0 Å². The first-order chi connectivity index (χ1) is 9.00. The van der Waals surface area contributed by atoms with Crippen LogP contribution >= 0.6 is 0 Å². The summed E-state index contributed by atoms with van der Waals surface area (Å²) in [5, 5.41) is 2.69. The van der Waals surface area contributed by atoms with Gasteiger partial charge in [-0.05, 0) is 37.0 Å². The zero-order chi connectivity index (χ0) is 14.3. The quantitative estimate of drug-likeness (QED) is 0.771. The van der Waals surface area contributed by atoms with Gasteiger partial charge in [0.25, 0.3) is 5.91 Å². The molecular weight excluding hydrogens is 245 g/mol. The Labute approximate surface area is 114 Å². The first-order valence-corrected chi connectivity index (χ1v) is 6.62. The van der Waals surface area contributed by atoms with E-state index in [4.69, 9.17) is 4.74 Å². The van der Waals surface area contributed by atoms with E-state index in [1.54, 1.807) is 13.0 Å². The summed E-state index contributed by atoms with van der Waals surface area (Å²) in [6.45, 7) is 7.78. The molecule has 0 saturated carbocycles. The molecule has 0 radical (unpaired) electrons. The lowest BCUT2D eigenvalue weighted by molar-refractivity contribution is 0.0921. The van der Waals surface area contributed by atoms with Gasteiger partial charge in [0, 0.05) is 19.8 Å². The maximum absolute atomic E-state index is 13.5. The maximum atomic E-state index is 13.5. The van der Waals surface area contributed by atoms with Crippen LogP contribution in [0.2, 0.25) is 0 Å². The summed E-state index contributed by atoms with van der Waals surface area (Å²) in [7, 11) is 0. The number of nitrogens with one attached hydrogen (secondary N) is 1. The van der Waals surface area contributed by atoms with Crippen LogP contribution in [0.25, 0.3) is 0 Å². The van der Waals surface area contributed by atoms with Crippen molar-refractivity contribution in [1.82, 2.24) is 5.32 Å². The molecule has 0 saturated heterocycles. The van der Waals surface area contributed by atoms with E-state index in [1.165, 1.54) is 12.1 Å². The predicted octanol–water partition coefficient (Wildman–Crippen LogP) is 2.93. The summed E-state index contributed by atoms with van der Waals surface area (Å²) in [4.78, 5) is 11.7. The predicted molar refractivity (Wildman–Crippen MR) is 73.7 cm³/mol. The fourth-order valence-corrected chi connectivity index (χ4v) is 1.59. The van der Waals surface area contributed by atoms with Crippen molar-refractivity contribution < 1.29 is 13.9 Å². The van der Waals surface area contributed by atoms with E-state index in [2.05, 4.69) is 19.2 Å². The molecular formula is C15H22FNO2. The highest BCUT2D eigenvalue weighted by molar-refractivity contribution is 5.94. The van der Waals surface area contributed by atoms with Crippen LogP contribution in [0.15, 0.2) is 18.2 Å². The van der Waals surface area contributed by atoms with E-state index < -0.39 is 5.82 Å². The van der Waals surface area contributed by atoms with Crippen LogP contribution in [0.3, 0.4) is 0 Å². The van der Waals surface area contributed by atoms with Crippen molar-refractivity contribution in [2.45, 2.75) is 27.2 Å². The minimum atomic E-state index is -0.478. The van der Waals surface area contributed by atoms with Gasteiger partial charge >= 0.3 is 0 Å². The van der Waals surface area contributed by atoms with Crippen molar-refractivity contribution in [3.05, 3.63) is 35.1 Å². The molecule has 0 bridgehead atoms. The molecule has 0 aliphatic rings. The standard InChI is InChI=1S/C15H22FNO2/c1-11(2)10-19-8-4-7-17-15(18)13-6-5-12(3)9-14(13)16/h5-6,9,11H,4,7-8,10H2,1-3H3,(H,17,18). The molecule has 106 valence electrons. The summed E-state index contributed by atoms with van der Waals surface area (Å²) >= 11 is 0. The van der Waals surface area contributed by atoms with Crippen LogP contribution in [0.5, 0.6) is 0 Å². The highest BCUT2D eigenvalue weighted by Crippen LogP contribution is 2.09. The second-order valence-corrected chi connectivity index (χ2v) is 5.06. The van der Waals surface area contributed by atoms with Crippen molar-refractivity contribution in [2.75, 3.05) is 19.8 Å². The van der Waals surface area contributed by atoms with Crippen LogP contribution in [0.4, 0.5) is 4.39 Å². The highest BCUT2D eigenvalue weighted by Gasteiger charge is 2.10. The second kappa shape index (κ2) is 7.89. The number of hydrogen-bond acceptors (Lipinski definition) is 2. The van der Waals surface area contributed by atoms with Crippen molar-refractivity contribution >= 4 is 5.91 Å². The number of carbonyl (C=O) groups excluding carboxylic acids is 1. The van der Waals surface area contributed by atoms with Crippen LogP contribution in [-0.4, -0.2) is 25.7 Å². The minimum absolute atomic E-state index is 0.0914. The number of hydrogen-bond donors (Lipinski definition) is 1. The van der Waals surface area contributed by atoms with E-state index >= 15 is 0 Å². The topological polar surface area (TPSA) is 38.3 Å². The monoisotopic (exact) mass is 267 g/mol. The van der Waals surface area contributed by atoms with Crippen molar-refractivity contribution in [2.24, 2.45) is 5.92 Å². The molecule has 0 aliphatic carbocycles. The molecule has 0 aliphatic heterocycles. The summed E-state index contributed by atoms with van der Waals surface area (Å²) in [6, 6.07) is 4.60. The maximum Gasteiger partial charge on any atom is 0.254 e. The van der Waals surface area contributed by atoms with E-state index in [1.807, 2.05) is 0 Å². The Morgan fingerprint density at radius 3 is 2.79 bits per heavy atom. The van der Waals surface area contributed by atoms with Crippen LogP contribution < -0.4 is 5.32 Å². The summed E-state index contributed by atoms with van der Waals surface area (Å²) in [5.41, 5.74) is 0.893. The Morgan fingerprint density at radius 2 is 2.16 bits per heavy atom. The third-order valence-corrected chi connectivity index (χ3v) is 2.57. The van der Waals surface area contributed by atoms with Gasteiger partial charge in [0.05, 0.1) is 5.56 Å². The van der Waals surface area contributed by atoms with Crippen LogP contribution in [0, 0.1) is 18.7 Å². The molecule has 0 fully saturated rings. The Hall–Kier alpha value is -1.42. The molecule has 0 unspecified atom stereocenters. The zero-order valence-corrected chi connectivity index (χ0v) is 11.8. The van der Waals surface area contributed by atoms with Gasteiger partial charge in [-0.15, -0.1) is 0 Å². The summed E-state index contributed by atoms with van der Waals surface area (Å²) < 4.78 is 18.9. The largest absolute Gasteiger partial charge is 0.381 e. The number of benzene rings is 1. The molecule has 1 amide bonds. The average molecular weight is 267 g/mol. The molecule has 19 heavy (non-hydrogen) atoms. The first-order valence-electron chi connectivity index (χ1n) is 6.62. The van der Waals surface area contributed by atoms with Gasteiger partial charge in [-0.25, -0.2) is 4.39 Å². The van der Waals surface area contributed by atoms with Gasteiger partial charge < -0.3 is 10.1 Å². The molecule has 0 atom stereocenters. The Bertz CT molecular complexity index is 419. The number of carbonyl (C=O) groups is 1. The summed E-state index contributed by atoms with van der Waals surface area (Å²) in [5.74, 6) is -0.342. The van der Waals surface area contributed by atoms with Crippen molar-refractivity contribution in [1.29, 1.82) is 0 Å². The smallest absolute Gasteiger partial charge is 0.254 e. The number of amides is 1. The van der Waals surface area contributed by atoms with Gasteiger partial charge in [-0.2, -0.15) is 0 Å². The van der Waals surface area contributed by atoms with E-state index in [-0.39, 0.29) is 11.5 Å². The third-order valence-electron chi connectivity index (χ3n) is 2.57. The molecule has 0 aromatic heterocycles. The summed E-state index contributed by atoms with van der Waals surface area (Å²) in [6.07, 6.45) is 0.728. The number of ether oxygens (including phenoxy) is 1. The fourth-order valence-electron chi connectivity index (χ4n) is 1.59. The molecule has 3 nitrogen and oxygen atoms in total. The number of rotatable bonds is 7. The number of halogens is 1.